The maximum Gasteiger partial charge on any atom is 0.246 e. The van der Waals surface area contributed by atoms with Crippen LogP contribution in [0, 0.1) is 41.4 Å². The fraction of sp³-hybridized carbons (Fsp3) is 0.790. The largest absolute Gasteiger partial charge is 0.390 e. The molecule has 0 aromatic heterocycles. The van der Waals surface area contributed by atoms with Crippen LogP contribution in [0.25, 0.3) is 0 Å². The van der Waals surface area contributed by atoms with Crippen LogP contribution in [-0.2, 0) is 52.7 Å². The van der Waals surface area contributed by atoms with Gasteiger partial charge in [-0.1, -0.05) is 109 Å². The zero-order valence-electron chi connectivity index (χ0n) is 56.1. The van der Waals surface area contributed by atoms with E-state index >= 15 is 9.59 Å². The summed E-state index contributed by atoms with van der Waals surface area (Å²) >= 11 is 0. The van der Waals surface area contributed by atoms with Crippen LogP contribution in [0.3, 0.4) is 0 Å². The Bertz CT molecular complexity index is 2330. The number of nitrogens with zero attached hydrogens (tertiary/aromatic N) is 7. The molecule has 23 heteroatoms. The highest BCUT2D eigenvalue weighted by atomic mass is 16.3. The number of nitrogens with one attached hydrogen (secondary N) is 4. The molecule has 0 saturated carbocycles. The van der Waals surface area contributed by atoms with Crippen LogP contribution in [0.4, 0.5) is 0 Å². The van der Waals surface area contributed by atoms with Gasteiger partial charge in [0, 0.05) is 49.3 Å². The number of allylic oxidation sites excluding steroid dienone is 2. The van der Waals surface area contributed by atoms with Gasteiger partial charge < -0.3 is 60.7 Å². The molecule has 1 fully saturated rings. The van der Waals surface area contributed by atoms with Gasteiger partial charge in [-0.3, -0.25) is 52.7 Å². The van der Waals surface area contributed by atoms with Crippen molar-refractivity contribution in [2.45, 2.75) is 223 Å². The van der Waals surface area contributed by atoms with Gasteiger partial charge in [0.25, 0.3) is 0 Å². The number of aliphatic hydroxyl groups excluding tert-OH is 1. The van der Waals surface area contributed by atoms with Crippen LogP contribution in [0.15, 0.2) is 12.2 Å². The number of likely N-dealkylation sites (N-methyl/N-ethyl adjacent to an activating group) is 7. The summed E-state index contributed by atoms with van der Waals surface area (Å²) in [6.07, 6.45) is 3.04. The number of amides is 11. The summed E-state index contributed by atoms with van der Waals surface area (Å²) < 4.78 is 0. The van der Waals surface area contributed by atoms with Crippen molar-refractivity contribution in [2.24, 2.45) is 41.4 Å². The van der Waals surface area contributed by atoms with Gasteiger partial charge in [0.15, 0.2) is 0 Å². The quantitative estimate of drug-likeness (QED) is 0.148. The second-order valence-corrected chi connectivity index (χ2v) is 26.1. The van der Waals surface area contributed by atoms with E-state index in [2.05, 4.69) is 21.3 Å². The molecule has 0 unspecified atom stereocenters. The third-order valence-electron chi connectivity index (χ3n) is 16.1. The molecule has 23 nitrogen and oxygen atoms in total. The van der Waals surface area contributed by atoms with Crippen molar-refractivity contribution in [3.63, 3.8) is 0 Å². The first-order valence-electron chi connectivity index (χ1n) is 30.6. The highest BCUT2D eigenvalue weighted by molar-refractivity contribution is 5.99. The van der Waals surface area contributed by atoms with Crippen molar-refractivity contribution < 1.29 is 57.8 Å². The average Bonchev–Trinajstić information content (AvgIpc) is 3.62. The molecule has 1 saturated heterocycles. The second-order valence-electron chi connectivity index (χ2n) is 26.1. The molecule has 1 aliphatic heterocycles. The summed E-state index contributed by atoms with van der Waals surface area (Å²) in [7, 11) is 9.92. The van der Waals surface area contributed by atoms with E-state index < -0.39 is 156 Å². The minimum atomic E-state index is -1.61. The fourth-order valence-corrected chi connectivity index (χ4v) is 10.7. The van der Waals surface area contributed by atoms with E-state index in [0.29, 0.717) is 6.42 Å². The molecule has 1 rings (SSSR count). The van der Waals surface area contributed by atoms with E-state index in [4.69, 9.17) is 0 Å². The summed E-state index contributed by atoms with van der Waals surface area (Å²) in [5.74, 6) is -9.71. The fourth-order valence-electron chi connectivity index (χ4n) is 10.7. The Morgan fingerprint density at radius 3 is 1.32 bits per heavy atom. The average molecular weight is 1200 g/mol. The summed E-state index contributed by atoms with van der Waals surface area (Å²) in [5, 5.41) is 23.1. The third kappa shape index (κ3) is 21.7. The van der Waals surface area contributed by atoms with Gasteiger partial charge in [-0.15, -0.1) is 0 Å². The molecule has 486 valence electrons. The lowest BCUT2D eigenvalue weighted by molar-refractivity contribution is -0.157. The molecule has 0 spiro atoms. The molecule has 12 atom stereocenters. The van der Waals surface area contributed by atoms with E-state index in [9.17, 15) is 48.3 Å². The van der Waals surface area contributed by atoms with Crippen molar-refractivity contribution in [2.75, 3.05) is 55.9 Å². The van der Waals surface area contributed by atoms with E-state index in [0.717, 1.165) is 9.80 Å². The van der Waals surface area contributed by atoms with E-state index in [-0.39, 0.29) is 55.8 Å². The topological polar surface area (TPSA) is 279 Å². The van der Waals surface area contributed by atoms with Crippen molar-refractivity contribution >= 4 is 65.0 Å². The highest BCUT2D eigenvalue weighted by Crippen LogP contribution is 2.26. The monoisotopic (exact) mass is 1200 g/mol. The predicted molar refractivity (Wildman–Crippen MR) is 328 cm³/mol. The van der Waals surface area contributed by atoms with Crippen molar-refractivity contribution in [3.05, 3.63) is 12.2 Å². The minimum absolute atomic E-state index is 0.0229. The van der Waals surface area contributed by atoms with Crippen molar-refractivity contribution in [1.29, 1.82) is 0 Å². The van der Waals surface area contributed by atoms with Crippen LogP contribution < -0.4 is 21.3 Å². The van der Waals surface area contributed by atoms with Gasteiger partial charge in [-0.25, -0.2) is 0 Å². The molecule has 11 amide bonds. The van der Waals surface area contributed by atoms with E-state index in [1.54, 1.807) is 54.5 Å². The van der Waals surface area contributed by atoms with Gasteiger partial charge in [0.1, 0.15) is 60.4 Å². The molecule has 0 radical (unpaired) electrons. The Morgan fingerprint density at radius 2 is 0.871 bits per heavy atom. The molecule has 0 aromatic carbocycles. The molecule has 1 aliphatic rings. The molecule has 85 heavy (non-hydrogen) atoms. The molecular weight excluding hydrogens is 1090 g/mol. The molecule has 0 aromatic rings. The van der Waals surface area contributed by atoms with Gasteiger partial charge in [0.05, 0.1) is 12.6 Å². The number of aliphatic hydroxyl groups is 1. The first-order valence-corrected chi connectivity index (χ1v) is 30.6. The summed E-state index contributed by atoms with van der Waals surface area (Å²) in [6, 6.07) is -12.3. The first-order chi connectivity index (χ1) is 39.2. The number of carbonyl (C=O) groups excluding carboxylic acids is 11. The lowest BCUT2D eigenvalue weighted by Crippen LogP contribution is -2.63. The normalized spacial score (nSPS) is 26.9. The van der Waals surface area contributed by atoms with Crippen LogP contribution in [-0.4, -0.2) is 227 Å². The lowest BCUT2D eigenvalue weighted by atomic mass is 9.91. The van der Waals surface area contributed by atoms with Crippen molar-refractivity contribution in [1.82, 2.24) is 55.6 Å². The summed E-state index contributed by atoms with van der Waals surface area (Å²) in [5.41, 5.74) is 0. The number of carbonyl (C=O) groups is 11. The molecule has 1 heterocycles. The Morgan fingerprint density at radius 1 is 0.459 bits per heavy atom. The van der Waals surface area contributed by atoms with Gasteiger partial charge in [-0.05, 0) is 101 Å². The summed E-state index contributed by atoms with van der Waals surface area (Å²) in [4.78, 5) is 169. The van der Waals surface area contributed by atoms with E-state index in [1.165, 1.54) is 87.7 Å². The molecule has 0 aliphatic carbocycles. The number of rotatable bonds is 15. The Kier molecular flexibility index (Phi) is 31.5. The number of hydrogen-bond acceptors (Lipinski definition) is 12. The maximum absolute atomic E-state index is 15.1. The zero-order chi connectivity index (χ0) is 66.0. The maximum atomic E-state index is 15.1. The van der Waals surface area contributed by atoms with E-state index in [1.807, 2.05) is 61.5 Å². The third-order valence-corrected chi connectivity index (χ3v) is 16.1. The SMILES string of the molecule is C/C=C/C[C@@H](C)[C@@H](O)[C@@H]1C(=O)N[C@@H](CC)C(=O)N(C)CC(=O)N(C)[C@@H](CC(C)C)C(=O)N[C@@H](C(C)C)C(=O)N(C)[C@@H](CC(C)C)C(=O)N[C@@H](C)C(=O)N[C@H](C)C(=O)N(C)[C@@H](CC(C)C)C(=O)N(C)[C@@H](CC(C)C)C(=O)N(C)[C@@H](C(C)C)C(=O)N1C. The Balaban J connectivity index is 4.32. The van der Waals surface area contributed by atoms with Crippen LogP contribution in [0.5, 0.6) is 0 Å². The second kappa shape index (κ2) is 34.9. The van der Waals surface area contributed by atoms with Gasteiger partial charge >= 0.3 is 0 Å². The van der Waals surface area contributed by atoms with Gasteiger partial charge in [0.2, 0.25) is 65.0 Å². The van der Waals surface area contributed by atoms with Crippen LogP contribution >= 0.6 is 0 Å². The standard InChI is InChI=1S/C62H111N11O12/c1-25-27-28-40(15)52(75)51-56(79)65-43(26-2)58(81)67(18)33-48(74)68(19)44(29-34(3)4)55(78)66-49(38(11)12)61(84)69(20)45(30-35(5)6)54(77)63-41(16)53(76)64-42(17)57(80)70(21)46(31-36(7)8)59(82)71(22)47(32-37(9)10)60(83)72(23)50(39(13)14)62(85)73(51)24/h25,27,34-47,49-52,75H,26,28-33H2,1-24H3,(H,63,77)(H,64,76)(H,65,79)(H,66,78)/b27-25+/t40-,41+,42-,43+,44+,45+,46+,47+,49+,50+,51-,52-/m1/s1. The minimum Gasteiger partial charge on any atom is -0.390 e. The first kappa shape index (κ1) is 76.9. The predicted octanol–water partition coefficient (Wildman–Crippen LogP) is 3.27. The molecule has 0 bridgehead atoms. The molecular formula is C62H111N11O12. The number of hydrogen-bond donors (Lipinski definition) is 5. The van der Waals surface area contributed by atoms with Crippen LogP contribution in [0.1, 0.15) is 156 Å². The lowest BCUT2D eigenvalue weighted by Gasteiger charge is -2.41. The zero-order valence-corrected chi connectivity index (χ0v) is 56.1. The summed E-state index contributed by atoms with van der Waals surface area (Å²) in [6.45, 7) is 29.3. The van der Waals surface area contributed by atoms with Gasteiger partial charge in [-0.2, -0.15) is 0 Å². The van der Waals surface area contributed by atoms with Crippen molar-refractivity contribution in [3.8, 4) is 0 Å². The molecule has 5 N–H and O–H groups in total. The highest BCUT2D eigenvalue weighted by Gasteiger charge is 2.45. The smallest absolute Gasteiger partial charge is 0.246 e. The van der Waals surface area contributed by atoms with Crippen LogP contribution in [0.2, 0.25) is 0 Å². The Labute approximate surface area is 508 Å². The Hall–Kier alpha value is -6.13.